The van der Waals surface area contributed by atoms with Crippen LogP contribution in [0.15, 0.2) is 0 Å². The summed E-state index contributed by atoms with van der Waals surface area (Å²) >= 11 is 0. The molecule has 1 saturated heterocycles. The molecular weight excluding hydrogens is 272 g/mol. The van der Waals surface area contributed by atoms with Crippen molar-refractivity contribution in [1.82, 2.24) is 0 Å². The first-order chi connectivity index (χ1) is 10.2. The van der Waals surface area contributed by atoms with Crippen LogP contribution in [-0.4, -0.2) is 17.5 Å². The van der Waals surface area contributed by atoms with Gasteiger partial charge in [0.05, 0.1) is 6.10 Å². The maximum absolute atomic E-state index is 6.71. The second-order valence-corrected chi connectivity index (χ2v) is 9.24. The van der Waals surface area contributed by atoms with Gasteiger partial charge in [-0.25, -0.2) is 0 Å². The van der Waals surface area contributed by atoms with E-state index in [4.69, 9.17) is 9.47 Å². The number of hydrogen-bond donors (Lipinski definition) is 0. The molecule has 0 spiro atoms. The van der Waals surface area contributed by atoms with Crippen LogP contribution in [-0.2, 0) is 9.47 Å². The predicted molar refractivity (Wildman–Crippen MR) is 90.7 cm³/mol. The third-order valence-electron chi connectivity index (χ3n) is 8.08. The van der Waals surface area contributed by atoms with E-state index < -0.39 is 0 Å². The van der Waals surface area contributed by atoms with Crippen molar-refractivity contribution in [3.05, 3.63) is 0 Å². The molecular formula is C20H36O2. The largest absolute Gasteiger partial charge is 0.344 e. The van der Waals surface area contributed by atoms with Gasteiger partial charge >= 0.3 is 0 Å². The van der Waals surface area contributed by atoms with E-state index in [-0.39, 0.29) is 22.9 Å². The van der Waals surface area contributed by atoms with E-state index in [1.807, 2.05) is 0 Å². The minimum absolute atomic E-state index is 0.148. The van der Waals surface area contributed by atoms with Crippen molar-refractivity contribution in [2.24, 2.45) is 22.7 Å². The summed E-state index contributed by atoms with van der Waals surface area (Å²) in [5, 5.41) is 0. The Kier molecular flexibility index (Phi) is 3.78. The second kappa shape index (κ2) is 4.96. The summed E-state index contributed by atoms with van der Waals surface area (Å²) in [6.45, 7) is 16.5. The molecule has 128 valence electrons. The van der Waals surface area contributed by atoms with E-state index in [1.54, 1.807) is 0 Å². The van der Waals surface area contributed by atoms with E-state index in [9.17, 15) is 0 Å². The lowest BCUT2D eigenvalue weighted by atomic mass is 9.48. The summed E-state index contributed by atoms with van der Waals surface area (Å²) in [5.41, 5.74) is 0.473. The number of ether oxygens (including phenoxy) is 2. The van der Waals surface area contributed by atoms with Crippen LogP contribution in [0.5, 0.6) is 0 Å². The third-order valence-corrected chi connectivity index (χ3v) is 8.08. The van der Waals surface area contributed by atoms with E-state index in [0.29, 0.717) is 5.41 Å². The Labute approximate surface area is 137 Å². The highest BCUT2D eigenvalue weighted by Gasteiger charge is 2.70. The first-order valence-corrected chi connectivity index (χ1v) is 9.53. The van der Waals surface area contributed by atoms with Gasteiger partial charge in [-0.2, -0.15) is 0 Å². The Morgan fingerprint density at radius 3 is 2.32 bits per heavy atom. The van der Waals surface area contributed by atoms with Gasteiger partial charge in [0, 0.05) is 6.42 Å². The molecule has 2 aliphatic carbocycles. The molecule has 0 aromatic rings. The quantitative estimate of drug-likeness (QED) is 0.680. The minimum Gasteiger partial charge on any atom is -0.344 e. The van der Waals surface area contributed by atoms with Gasteiger partial charge in [-0.05, 0) is 62.2 Å². The summed E-state index contributed by atoms with van der Waals surface area (Å²) < 4.78 is 13.3. The average molecular weight is 309 g/mol. The maximum atomic E-state index is 6.71. The van der Waals surface area contributed by atoms with Crippen molar-refractivity contribution < 1.29 is 9.47 Å². The van der Waals surface area contributed by atoms with Gasteiger partial charge in [-0.3, -0.25) is 0 Å². The zero-order valence-electron chi connectivity index (χ0n) is 15.8. The molecule has 0 bridgehead atoms. The fourth-order valence-corrected chi connectivity index (χ4v) is 6.49. The first kappa shape index (κ1) is 16.8. The van der Waals surface area contributed by atoms with Crippen molar-refractivity contribution in [3.63, 3.8) is 0 Å². The normalized spacial score (nSPS) is 53.3. The Balaban J connectivity index is 2.02. The monoisotopic (exact) mass is 308 g/mol. The lowest BCUT2D eigenvalue weighted by molar-refractivity contribution is -0.212. The van der Waals surface area contributed by atoms with E-state index in [1.165, 1.54) is 25.7 Å². The smallest absolute Gasteiger partial charge is 0.166 e. The van der Waals surface area contributed by atoms with Crippen LogP contribution in [0.2, 0.25) is 0 Å². The van der Waals surface area contributed by atoms with Crippen molar-refractivity contribution in [2.45, 2.75) is 104 Å². The molecule has 0 unspecified atom stereocenters. The molecule has 3 aliphatic rings. The summed E-state index contributed by atoms with van der Waals surface area (Å²) in [4.78, 5) is 0. The van der Waals surface area contributed by atoms with Gasteiger partial charge in [0.1, 0.15) is 5.60 Å². The summed E-state index contributed by atoms with van der Waals surface area (Å²) in [6, 6.07) is 0. The van der Waals surface area contributed by atoms with Crippen molar-refractivity contribution in [2.75, 3.05) is 0 Å². The molecule has 1 aliphatic heterocycles. The predicted octanol–water partition coefficient (Wildman–Crippen LogP) is 5.55. The highest BCUT2D eigenvalue weighted by molar-refractivity contribution is 5.17. The van der Waals surface area contributed by atoms with Crippen LogP contribution >= 0.6 is 0 Å². The Morgan fingerprint density at radius 1 is 1.05 bits per heavy atom. The van der Waals surface area contributed by atoms with Gasteiger partial charge in [0.2, 0.25) is 0 Å². The standard InChI is InChI=1S/C20H36O2/c1-8-12-18(6)21-16-13-20(9-2)14(3)10-11-15(20)17(4,5)19(16,7)22-18/h14-16H,8-13H2,1-7H3/t14-,15+,16+,18-,19+,20-/m1/s1. The van der Waals surface area contributed by atoms with E-state index in [2.05, 4.69) is 48.5 Å². The number of rotatable bonds is 3. The van der Waals surface area contributed by atoms with Crippen LogP contribution in [0.3, 0.4) is 0 Å². The Morgan fingerprint density at radius 2 is 1.73 bits per heavy atom. The SMILES string of the molecule is CCC[C@]1(C)O[C@H]2C[C@]3(CC)[C@H](C)CC[C@H]3C(C)(C)[C@@]2(C)O1. The molecule has 0 aromatic carbocycles. The van der Waals surface area contributed by atoms with Crippen molar-refractivity contribution in [3.8, 4) is 0 Å². The fraction of sp³-hybridized carbons (Fsp3) is 1.00. The number of hydrogen-bond acceptors (Lipinski definition) is 2. The topological polar surface area (TPSA) is 18.5 Å². The van der Waals surface area contributed by atoms with Gasteiger partial charge < -0.3 is 9.47 Å². The second-order valence-electron chi connectivity index (χ2n) is 9.24. The molecule has 0 amide bonds. The van der Waals surface area contributed by atoms with E-state index >= 15 is 0 Å². The molecule has 1 heterocycles. The molecule has 6 atom stereocenters. The van der Waals surface area contributed by atoms with Crippen LogP contribution in [0.1, 0.15) is 87.0 Å². The third kappa shape index (κ3) is 1.92. The van der Waals surface area contributed by atoms with Crippen LogP contribution < -0.4 is 0 Å². The summed E-state index contributed by atoms with van der Waals surface area (Å²) in [6.07, 6.45) is 7.55. The lowest BCUT2D eigenvalue weighted by Crippen LogP contribution is -2.62. The van der Waals surface area contributed by atoms with E-state index in [0.717, 1.165) is 24.7 Å². The molecule has 0 aromatic heterocycles. The minimum atomic E-state index is -0.387. The molecule has 3 rings (SSSR count). The van der Waals surface area contributed by atoms with Crippen LogP contribution in [0, 0.1) is 22.7 Å². The van der Waals surface area contributed by atoms with Gasteiger partial charge in [0.15, 0.2) is 5.79 Å². The Hall–Kier alpha value is -0.0800. The maximum Gasteiger partial charge on any atom is 0.166 e. The molecule has 0 radical (unpaired) electrons. The highest BCUT2D eigenvalue weighted by atomic mass is 16.8. The van der Waals surface area contributed by atoms with Gasteiger partial charge in [0.25, 0.3) is 0 Å². The fourth-order valence-electron chi connectivity index (χ4n) is 6.49. The zero-order chi connectivity index (χ0) is 16.4. The van der Waals surface area contributed by atoms with Crippen molar-refractivity contribution >= 4 is 0 Å². The van der Waals surface area contributed by atoms with Gasteiger partial charge in [-0.1, -0.05) is 41.0 Å². The summed E-state index contributed by atoms with van der Waals surface area (Å²) in [5.74, 6) is 1.18. The average Bonchev–Trinajstić information content (AvgIpc) is 2.88. The zero-order valence-corrected chi connectivity index (χ0v) is 15.8. The lowest BCUT2D eigenvalue weighted by Gasteiger charge is -2.59. The molecule has 3 fully saturated rings. The first-order valence-electron chi connectivity index (χ1n) is 9.53. The van der Waals surface area contributed by atoms with Crippen LogP contribution in [0.25, 0.3) is 0 Å². The van der Waals surface area contributed by atoms with Crippen LogP contribution in [0.4, 0.5) is 0 Å². The molecule has 2 saturated carbocycles. The highest BCUT2D eigenvalue weighted by Crippen LogP contribution is 2.69. The molecule has 0 N–H and O–H groups in total. The molecule has 2 nitrogen and oxygen atoms in total. The van der Waals surface area contributed by atoms with Gasteiger partial charge in [-0.15, -0.1) is 0 Å². The Bertz CT molecular complexity index is 445. The summed E-state index contributed by atoms with van der Waals surface area (Å²) in [7, 11) is 0. The number of fused-ring (bicyclic) bond motifs is 2. The molecule has 22 heavy (non-hydrogen) atoms. The van der Waals surface area contributed by atoms with Crippen molar-refractivity contribution in [1.29, 1.82) is 0 Å². The molecule has 2 heteroatoms.